The molecule has 4 N–H and O–H groups in total. The Morgan fingerprint density at radius 1 is 1.33 bits per heavy atom. The lowest BCUT2D eigenvalue weighted by Crippen LogP contribution is -2.49. The van der Waals surface area contributed by atoms with Crippen LogP contribution in [0.5, 0.6) is 0 Å². The largest absolute Gasteiger partial charge is 0.342 e. The van der Waals surface area contributed by atoms with E-state index in [0.29, 0.717) is 12.1 Å². The molecule has 5 heteroatoms. The Bertz CT molecular complexity index is 208. The first-order valence-corrected chi connectivity index (χ1v) is 5.56. The molecule has 0 aromatic carbocycles. The predicted molar refractivity (Wildman–Crippen MR) is 63.5 cm³/mol. The van der Waals surface area contributed by atoms with Crippen LogP contribution in [0.25, 0.3) is 0 Å². The van der Waals surface area contributed by atoms with Crippen LogP contribution in [0, 0.1) is 0 Å². The van der Waals surface area contributed by atoms with Crippen molar-refractivity contribution in [2.24, 2.45) is 10.8 Å². The lowest BCUT2D eigenvalue weighted by Gasteiger charge is -2.35. The van der Waals surface area contributed by atoms with E-state index in [9.17, 15) is 0 Å². The summed E-state index contributed by atoms with van der Waals surface area (Å²) in [6.45, 7) is 0. The highest BCUT2D eigenvalue weighted by atomic mass is 15.4. The summed E-state index contributed by atoms with van der Waals surface area (Å²) in [7, 11) is 5.84. The summed E-state index contributed by atoms with van der Waals surface area (Å²) < 4.78 is 0. The lowest BCUT2D eigenvalue weighted by atomic mass is 9.90. The van der Waals surface area contributed by atoms with E-state index in [-0.39, 0.29) is 0 Å². The van der Waals surface area contributed by atoms with Crippen LogP contribution in [-0.4, -0.2) is 44.1 Å². The van der Waals surface area contributed by atoms with E-state index in [2.05, 4.69) is 20.6 Å². The van der Waals surface area contributed by atoms with Gasteiger partial charge in [0.2, 0.25) is 5.96 Å². The fourth-order valence-corrected chi connectivity index (χ4v) is 2.25. The van der Waals surface area contributed by atoms with Gasteiger partial charge in [-0.1, -0.05) is 0 Å². The normalized spacial score (nSPS) is 27.6. The van der Waals surface area contributed by atoms with Gasteiger partial charge in [0, 0.05) is 26.2 Å². The first-order valence-electron chi connectivity index (χ1n) is 5.56. The summed E-state index contributed by atoms with van der Waals surface area (Å²) in [6.07, 6.45) is 4.85. The monoisotopic (exact) mass is 213 g/mol. The summed E-state index contributed by atoms with van der Waals surface area (Å²) in [6, 6.07) is 1.24. The fraction of sp³-hybridized carbons (Fsp3) is 0.900. The molecule has 88 valence electrons. The number of aliphatic imine (C=N–C) groups is 1. The number of nitrogens with two attached hydrogens (primary N) is 1. The first kappa shape index (κ1) is 12.3. The average Bonchev–Trinajstić information content (AvgIpc) is 2.30. The predicted octanol–water partition coefficient (Wildman–Crippen LogP) is -0.102. The quantitative estimate of drug-likeness (QED) is 0.259. The fourth-order valence-electron chi connectivity index (χ4n) is 2.25. The van der Waals surface area contributed by atoms with Gasteiger partial charge >= 0.3 is 0 Å². The van der Waals surface area contributed by atoms with E-state index in [1.54, 1.807) is 7.05 Å². The van der Waals surface area contributed by atoms with Crippen molar-refractivity contribution < 1.29 is 0 Å². The van der Waals surface area contributed by atoms with Crippen LogP contribution in [-0.2, 0) is 0 Å². The molecule has 0 heterocycles. The molecule has 1 aliphatic carbocycles. The van der Waals surface area contributed by atoms with Gasteiger partial charge in [0.05, 0.1) is 0 Å². The van der Waals surface area contributed by atoms with Crippen LogP contribution < -0.4 is 16.6 Å². The molecule has 1 saturated carbocycles. The third-order valence-electron chi connectivity index (χ3n) is 3.33. The highest BCUT2D eigenvalue weighted by Gasteiger charge is 2.24. The maximum atomic E-state index is 5.41. The molecular formula is C10H23N5. The van der Waals surface area contributed by atoms with Crippen LogP contribution in [0.3, 0.4) is 0 Å². The zero-order valence-electron chi connectivity index (χ0n) is 9.95. The van der Waals surface area contributed by atoms with Crippen molar-refractivity contribution in [3.05, 3.63) is 0 Å². The van der Waals surface area contributed by atoms with E-state index in [1.807, 2.05) is 14.1 Å². The Kier molecular flexibility index (Phi) is 4.84. The minimum atomic E-state index is 0.560. The van der Waals surface area contributed by atoms with Crippen molar-refractivity contribution in [2.45, 2.75) is 37.8 Å². The van der Waals surface area contributed by atoms with Gasteiger partial charge in [-0.15, -0.1) is 0 Å². The third kappa shape index (κ3) is 3.07. The van der Waals surface area contributed by atoms with Crippen LogP contribution in [0.4, 0.5) is 0 Å². The number of guanidine groups is 1. The highest BCUT2D eigenvalue weighted by Crippen LogP contribution is 2.21. The standard InChI is InChI=1S/C10H23N5/c1-12-8-4-6-9(7-5-8)15(3)10(13-2)14-11/h8-9,12H,4-7,11H2,1-3H3,(H,13,14)/t8-,9-. The molecular weight excluding hydrogens is 190 g/mol. The number of nitrogens with one attached hydrogen (secondary N) is 2. The highest BCUT2D eigenvalue weighted by molar-refractivity contribution is 5.79. The summed E-state index contributed by atoms with van der Waals surface area (Å²) in [5.74, 6) is 6.18. The number of rotatable bonds is 2. The van der Waals surface area contributed by atoms with E-state index in [1.165, 1.54) is 25.7 Å². The van der Waals surface area contributed by atoms with E-state index in [4.69, 9.17) is 5.84 Å². The molecule has 0 aromatic heterocycles. The number of nitrogens with zero attached hydrogens (tertiary/aromatic N) is 2. The minimum absolute atomic E-state index is 0.560. The Morgan fingerprint density at radius 3 is 2.33 bits per heavy atom. The number of hydrogen-bond acceptors (Lipinski definition) is 3. The zero-order chi connectivity index (χ0) is 11.3. The molecule has 0 aromatic rings. The second-order valence-corrected chi connectivity index (χ2v) is 4.10. The third-order valence-corrected chi connectivity index (χ3v) is 3.33. The van der Waals surface area contributed by atoms with Crippen LogP contribution in [0.1, 0.15) is 25.7 Å². The van der Waals surface area contributed by atoms with Gasteiger partial charge in [-0.2, -0.15) is 0 Å². The van der Waals surface area contributed by atoms with Gasteiger partial charge in [-0.05, 0) is 32.7 Å². The van der Waals surface area contributed by atoms with Gasteiger partial charge in [-0.25, -0.2) is 5.84 Å². The zero-order valence-corrected chi connectivity index (χ0v) is 9.95. The maximum absolute atomic E-state index is 5.41. The lowest BCUT2D eigenvalue weighted by molar-refractivity contribution is 0.243. The first-order chi connectivity index (χ1) is 7.22. The molecule has 0 bridgehead atoms. The van der Waals surface area contributed by atoms with Crippen LogP contribution >= 0.6 is 0 Å². The van der Waals surface area contributed by atoms with Gasteiger partial charge in [0.1, 0.15) is 0 Å². The molecule has 1 fully saturated rings. The Morgan fingerprint density at radius 2 is 1.93 bits per heavy atom. The molecule has 0 radical (unpaired) electrons. The Labute approximate surface area is 92.1 Å². The molecule has 0 amide bonds. The SMILES string of the molecule is C/N=C(/NN)N(C)[C@H]1CC[C@H](NC)CC1. The second-order valence-electron chi connectivity index (χ2n) is 4.10. The molecule has 0 unspecified atom stereocenters. The number of hydrogen-bond donors (Lipinski definition) is 3. The van der Waals surface area contributed by atoms with Crippen LogP contribution in [0.15, 0.2) is 4.99 Å². The summed E-state index contributed by atoms with van der Waals surface area (Å²) >= 11 is 0. The van der Waals surface area contributed by atoms with Crippen molar-refractivity contribution in [2.75, 3.05) is 21.1 Å². The van der Waals surface area contributed by atoms with Crippen LogP contribution in [0.2, 0.25) is 0 Å². The van der Waals surface area contributed by atoms with Crippen molar-refractivity contribution in [1.82, 2.24) is 15.6 Å². The topological polar surface area (TPSA) is 65.7 Å². The smallest absolute Gasteiger partial charge is 0.208 e. The van der Waals surface area contributed by atoms with Gasteiger partial charge in [0.15, 0.2) is 0 Å². The molecule has 0 aliphatic heterocycles. The van der Waals surface area contributed by atoms with Crippen molar-refractivity contribution in [1.29, 1.82) is 0 Å². The molecule has 0 saturated heterocycles. The molecule has 1 rings (SSSR count). The van der Waals surface area contributed by atoms with Gasteiger partial charge < -0.3 is 10.2 Å². The summed E-state index contributed by atoms with van der Waals surface area (Å²) in [4.78, 5) is 6.26. The molecule has 0 spiro atoms. The second kappa shape index (κ2) is 5.92. The van der Waals surface area contributed by atoms with E-state index >= 15 is 0 Å². The molecule has 0 atom stereocenters. The molecule has 5 nitrogen and oxygen atoms in total. The minimum Gasteiger partial charge on any atom is -0.342 e. The van der Waals surface area contributed by atoms with Crippen molar-refractivity contribution in [3.8, 4) is 0 Å². The van der Waals surface area contributed by atoms with Gasteiger partial charge in [0.25, 0.3) is 0 Å². The summed E-state index contributed by atoms with van der Waals surface area (Å²) in [5.41, 5.74) is 2.63. The van der Waals surface area contributed by atoms with Gasteiger partial charge in [-0.3, -0.25) is 10.4 Å². The maximum Gasteiger partial charge on any atom is 0.208 e. The molecule has 15 heavy (non-hydrogen) atoms. The van der Waals surface area contributed by atoms with E-state index < -0.39 is 0 Å². The number of hydrazine groups is 1. The van der Waals surface area contributed by atoms with Crippen molar-refractivity contribution >= 4 is 5.96 Å². The molecule has 1 aliphatic rings. The Hall–Kier alpha value is -0.810. The average molecular weight is 213 g/mol. The van der Waals surface area contributed by atoms with Crippen molar-refractivity contribution in [3.63, 3.8) is 0 Å². The summed E-state index contributed by atoms with van der Waals surface area (Å²) in [5, 5.41) is 3.33. The van der Waals surface area contributed by atoms with E-state index in [0.717, 1.165) is 5.96 Å². The Balaban J connectivity index is 2.45.